The van der Waals surface area contributed by atoms with Crippen LogP contribution in [0.3, 0.4) is 0 Å². The molecule has 2 aromatic carbocycles. The van der Waals surface area contributed by atoms with Crippen molar-refractivity contribution < 1.29 is 19.1 Å². The van der Waals surface area contributed by atoms with Crippen molar-refractivity contribution in [1.82, 2.24) is 10.2 Å². The Kier molecular flexibility index (Phi) is 7.82. The van der Waals surface area contributed by atoms with E-state index in [9.17, 15) is 9.59 Å². The number of rotatable bonds is 8. The van der Waals surface area contributed by atoms with E-state index in [0.717, 1.165) is 38.4 Å². The lowest BCUT2D eigenvalue weighted by atomic mass is 10.1. The minimum atomic E-state index is -0.669. The minimum Gasteiger partial charge on any atom is -0.481 e. The molecule has 3 rings (SSSR count). The van der Waals surface area contributed by atoms with Crippen molar-refractivity contribution in [1.29, 1.82) is 0 Å². The molecule has 0 aliphatic carbocycles. The molecule has 1 unspecified atom stereocenters. The van der Waals surface area contributed by atoms with Gasteiger partial charge < -0.3 is 20.1 Å². The molecule has 0 spiro atoms. The summed E-state index contributed by atoms with van der Waals surface area (Å²) in [5.74, 6) is 0.199. The summed E-state index contributed by atoms with van der Waals surface area (Å²) in [4.78, 5) is 27.3. The molecule has 1 atom stereocenters. The fraction of sp³-hybridized carbons (Fsp3) is 0.391. The zero-order chi connectivity index (χ0) is 21.3. The molecule has 0 bridgehead atoms. The van der Waals surface area contributed by atoms with Gasteiger partial charge in [0.2, 0.25) is 0 Å². The van der Waals surface area contributed by atoms with Crippen LogP contribution in [-0.2, 0) is 9.53 Å². The second kappa shape index (κ2) is 10.8. The molecule has 2 amide bonds. The smallest absolute Gasteiger partial charge is 0.265 e. The van der Waals surface area contributed by atoms with E-state index in [1.54, 1.807) is 31.2 Å². The highest BCUT2D eigenvalue weighted by molar-refractivity contribution is 5.98. The maximum atomic E-state index is 12.5. The minimum absolute atomic E-state index is 0.160. The monoisotopic (exact) mass is 411 g/mol. The van der Waals surface area contributed by atoms with E-state index >= 15 is 0 Å². The topological polar surface area (TPSA) is 79.9 Å². The number of benzene rings is 2. The van der Waals surface area contributed by atoms with Crippen LogP contribution < -0.4 is 15.4 Å². The molecule has 1 heterocycles. The fourth-order valence-corrected chi connectivity index (χ4v) is 3.14. The van der Waals surface area contributed by atoms with Crippen molar-refractivity contribution in [3.8, 4) is 5.75 Å². The Morgan fingerprint density at radius 3 is 2.60 bits per heavy atom. The summed E-state index contributed by atoms with van der Waals surface area (Å²) in [6, 6.07) is 14.5. The SMILES string of the molecule is Cc1ccc(C(=O)NCCN2CCOCC2)cc1NC(=O)C(C)Oc1ccccc1. The summed E-state index contributed by atoms with van der Waals surface area (Å²) in [6.07, 6.45) is -0.669. The molecule has 0 aromatic heterocycles. The van der Waals surface area contributed by atoms with Gasteiger partial charge in [-0.1, -0.05) is 24.3 Å². The number of morpholine rings is 1. The van der Waals surface area contributed by atoms with Crippen LogP contribution in [0.2, 0.25) is 0 Å². The zero-order valence-corrected chi connectivity index (χ0v) is 17.5. The first-order chi connectivity index (χ1) is 14.5. The van der Waals surface area contributed by atoms with Crippen LogP contribution in [0.5, 0.6) is 5.75 Å². The highest BCUT2D eigenvalue weighted by Gasteiger charge is 2.17. The lowest BCUT2D eigenvalue weighted by Crippen LogP contribution is -2.41. The van der Waals surface area contributed by atoms with Crippen LogP contribution in [0.1, 0.15) is 22.8 Å². The molecule has 30 heavy (non-hydrogen) atoms. The molecule has 1 aliphatic rings. The van der Waals surface area contributed by atoms with Crippen LogP contribution in [0, 0.1) is 6.92 Å². The summed E-state index contributed by atoms with van der Waals surface area (Å²) in [7, 11) is 0. The second-order valence-corrected chi connectivity index (χ2v) is 7.30. The Hall–Kier alpha value is -2.90. The van der Waals surface area contributed by atoms with Crippen LogP contribution in [0.4, 0.5) is 5.69 Å². The number of anilines is 1. The van der Waals surface area contributed by atoms with Gasteiger partial charge in [-0.2, -0.15) is 0 Å². The average Bonchev–Trinajstić information content (AvgIpc) is 2.76. The predicted octanol–water partition coefficient (Wildman–Crippen LogP) is 2.46. The van der Waals surface area contributed by atoms with E-state index < -0.39 is 6.10 Å². The molecular weight excluding hydrogens is 382 g/mol. The lowest BCUT2D eigenvalue weighted by Gasteiger charge is -2.26. The van der Waals surface area contributed by atoms with E-state index in [-0.39, 0.29) is 11.8 Å². The van der Waals surface area contributed by atoms with Gasteiger partial charge in [0, 0.05) is 37.4 Å². The number of hydrogen-bond donors (Lipinski definition) is 2. The fourth-order valence-electron chi connectivity index (χ4n) is 3.14. The molecule has 1 fully saturated rings. The first kappa shape index (κ1) is 21.8. The van der Waals surface area contributed by atoms with E-state index in [4.69, 9.17) is 9.47 Å². The summed E-state index contributed by atoms with van der Waals surface area (Å²) in [6.45, 7) is 8.19. The molecule has 160 valence electrons. The van der Waals surface area contributed by atoms with E-state index in [1.807, 2.05) is 31.2 Å². The number of hydrogen-bond acceptors (Lipinski definition) is 5. The number of para-hydroxylation sites is 1. The number of nitrogens with zero attached hydrogens (tertiary/aromatic N) is 1. The van der Waals surface area contributed by atoms with Crippen molar-refractivity contribution in [2.45, 2.75) is 20.0 Å². The number of amides is 2. The molecule has 0 saturated carbocycles. The van der Waals surface area contributed by atoms with Gasteiger partial charge in [0.25, 0.3) is 11.8 Å². The summed E-state index contributed by atoms with van der Waals surface area (Å²) < 4.78 is 11.0. The molecule has 1 aliphatic heterocycles. The van der Waals surface area contributed by atoms with Gasteiger partial charge in [0.05, 0.1) is 13.2 Å². The summed E-state index contributed by atoms with van der Waals surface area (Å²) >= 11 is 0. The summed E-state index contributed by atoms with van der Waals surface area (Å²) in [5, 5.41) is 5.81. The van der Waals surface area contributed by atoms with Crippen LogP contribution >= 0.6 is 0 Å². The quantitative estimate of drug-likeness (QED) is 0.698. The maximum absolute atomic E-state index is 12.5. The normalized spacial score (nSPS) is 15.3. The van der Waals surface area contributed by atoms with Gasteiger partial charge >= 0.3 is 0 Å². The van der Waals surface area contributed by atoms with Gasteiger partial charge in [-0.25, -0.2) is 0 Å². The molecule has 1 saturated heterocycles. The maximum Gasteiger partial charge on any atom is 0.265 e. The zero-order valence-electron chi connectivity index (χ0n) is 17.5. The number of aryl methyl sites for hydroxylation is 1. The van der Waals surface area contributed by atoms with E-state index in [0.29, 0.717) is 23.5 Å². The van der Waals surface area contributed by atoms with Crippen molar-refractivity contribution in [3.63, 3.8) is 0 Å². The van der Waals surface area contributed by atoms with Gasteiger partial charge in [0.1, 0.15) is 5.75 Å². The third kappa shape index (κ3) is 6.30. The number of carbonyl (C=O) groups excluding carboxylic acids is 2. The van der Waals surface area contributed by atoms with Crippen LogP contribution in [-0.4, -0.2) is 62.2 Å². The second-order valence-electron chi connectivity index (χ2n) is 7.30. The molecule has 7 heteroatoms. The average molecular weight is 412 g/mol. The number of nitrogens with one attached hydrogen (secondary N) is 2. The molecule has 0 radical (unpaired) electrons. The van der Waals surface area contributed by atoms with Gasteiger partial charge in [-0.3, -0.25) is 14.5 Å². The number of ether oxygens (including phenoxy) is 2. The van der Waals surface area contributed by atoms with E-state index in [1.165, 1.54) is 0 Å². The van der Waals surface area contributed by atoms with Crippen LogP contribution in [0.25, 0.3) is 0 Å². The van der Waals surface area contributed by atoms with Gasteiger partial charge in [0.15, 0.2) is 6.10 Å². The molecular formula is C23H29N3O4. The summed E-state index contributed by atoms with van der Waals surface area (Å²) in [5.41, 5.74) is 1.99. The van der Waals surface area contributed by atoms with Crippen LogP contribution in [0.15, 0.2) is 48.5 Å². The Labute approximate surface area is 177 Å². The predicted molar refractivity (Wildman–Crippen MR) is 116 cm³/mol. The molecule has 2 N–H and O–H groups in total. The first-order valence-electron chi connectivity index (χ1n) is 10.2. The van der Waals surface area contributed by atoms with Crippen molar-refractivity contribution in [2.75, 3.05) is 44.7 Å². The van der Waals surface area contributed by atoms with E-state index in [2.05, 4.69) is 15.5 Å². The molecule has 7 nitrogen and oxygen atoms in total. The molecule has 2 aromatic rings. The highest BCUT2D eigenvalue weighted by Crippen LogP contribution is 2.18. The Morgan fingerprint density at radius 1 is 1.13 bits per heavy atom. The lowest BCUT2D eigenvalue weighted by molar-refractivity contribution is -0.122. The Balaban J connectivity index is 1.54. The van der Waals surface area contributed by atoms with Crippen molar-refractivity contribution in [3.05, 3.63) is 59.7 Å². The number of carbonyl (C=O) groups is 2. The Bertz CT molecular complexity index is 851. The first-order valence-corrected chi connectivity index (χ1v) is 10.2. The third-order valence-electron chi connectivity index (χ3n) is 5.00. The van der Waals surface area contributed by atoms with Gasteiger partial charge in [-0.15, -0.1) is 0 Å². The standard InChI is InChI=1S/C23H29N3O4/c1-17-8-9-19(23(28)24-10-11-26-12-14-29-15-13-26)16-21(17)25-22(27)18(2)30-20-6-4-3-5-7-20/h3-9,16,18H,10-15H2,1-2H3,(H,24,28)(H,25,27). The van der Waals surface area contributed by atoms with Crippen molar-refractivity contribution in [2.24, 2.45) is 0 Å². The third-order valence-corrected chi connectivity index (χ3v) is 5.00. The Morgan fingerprint density at radius 2 is 1.87 bits per heavy atom. The largest absolute Gasteiger partial charge is 0.481 e. The van der Waals surface area contributed by atoms with Gasteiger partial charge in [-0.05, 0) is 43.7 Å². The van der Waals surface area contributed by atoms with Crippen molar-refractivity contribution >= 4 is 17.5 Å². The highest BCUT2D eigenvalue weighted by atomic mass is 16.5.